The van der Waals surface area contributed by atoms with Gasteiger partial charge in [-0.15, -0.1) is 0 Å². The van der Waals surface area contributed by atoms with Crippen molar-refractivity contribution in [2.45, 2.75) is 31.4 Å². The second-order valence-corrected chi connectivity index (χ2v) is 10.9. The molecule has 0 aromatic heterocycles. The molecule has 1 fully saturated rings. The summed E-state index contributed by atoms with van der Waals surface area (Å²) in [7, 11) is 1.50. The maximum Gasteiger partial charge on any atom is 0.269 e. The third-order valence-electron chi connectivity index (χ3n) is 6.10. The van der Waals surface area contributed by atoms with E-state index in [9.17, 15) is 14.9 Å². The lowest BCUT2D eigenvalue weighted by Crippen LogP contribution is -2.31. The maximum absolute atomic E-state index is 13.8. The summed E-state index contributed by atoms with van der Waals surface area (Å²) < 4.78 is 5.32. The van der Waals surface area contributed by atoms with Gasteiger partial charge in [-0.05, 0) is 59.9 Å². The third-order valence-corrected chi connectivity index (χ3v) is 7.95. The molecule has 1 aliphatic rings. The summed E-state index contributed by atoms with van der Waals surface area (Å²) in [5.41, 5.74) is 2.67. The monoisotopic (exact) mass is 565 g/mol. The van der Waals surface area contributed by atoms with E-state index >= 15 is 0 Å². The van der Waals surface area contributed by atoms with E-state index in [0.29, 0.717) is 39.5 Å². The van der Waals surface area contributed by atoms with Crippen molar-refractivity contribution in [3.63, 3.8) is 0 Å². The first kappa shape index (κ1) is 27.6. The molecule has 1 saturated heterocycles. The van der Waals surface area contributed by atoms with Crippen LogP contribution in [0.3, 0.4) is 0 Å². The van der Waals surface area contributed by atoms with Crippen molar-refractivity contribution in [3.8, 4) is 11.8 Å². The van der Waals surface area contributed by atoms with Crippen LogP contribution in [0.25, 0.3) is 0 Å². The quantitative estimate of drug-likeness (QED) is 0.242. The Kier molecular flexibility index (Phi) is 8.68. The number of methoxy groups -OCH3 is 1. The van der Waals surface area contributed by atoms with Gasteiger partial charge in [-0.25, -0.2) is 0 Å². The number of nitrogens with one attached hydrogen (secondary N) is 1. The maximum atomic E-state index is 13.8. The predicted octanol–water partition coefficient (Wildman–Crippen LogP) is 7.19. The lowest BCUT2D eigenvalue weighted by Gasteiger charge is -2.20. The number of halogens is 2. The van der Waals surface area contributed by atoms with Crippen LogP contribution in [0.5, 0.6) is 5.75 Å². The van der Waals surface area contributed by atoms with Gasteiger partial charge in [0.15, 0.2) is 0 Å². The lowest BCUT2D eigenvalue weighted by atomic mass is 10.0. The molecule has 0 radical (unpaired) electrons. The van der Waals surface area contributed by atoms with Crippen molar-refractivity contribution in [2.75, 3.05) is 17.3 Å². The van der Waals surface area contributed by atoms with E-state index in [0.717, 1.165) is 11.1 Å². The Morgan fingerprint density at radius 1 is 1.13 bits per heavy atom. The molecule has 0 spiro atoms. The second kappa shape index (κ2) is 12.0. The predicted molar refractivity (Wildman–Crippen MR) is 154 cm³/mol. The van der Waals surface area contributed by atoms with Gasteiger partial charge in [0, 0.05) is 15.7 Å². The van der Waals surface area contributed by atoms with E-state index in [2.05, 4.69) is 19.2 Å². The molecule has 1 N–H and O–H groups in total. The number of para-hydroxylation sites is 2. The van der Waals surface area contributed by atoms with Gasteiger partial charge < -0.3 is 10.1 Å². The van der Waals surface area contributed by atoms with Gasteiger partial charge in [-0.1, -0.05) is 79.1 Å². The summed E-state index contributed by atoms with van der Waals surface area (Å²) in [5.74, 6) is -0.120. The summed E-state index contributed by atoms with van der Waals surface area (Å²) in [4.78, 5) is 28.6. The average Bonchev–Trinajstić information content (AvgIpc) is 3.21. The third kappa shape index (κ3) is 5.83. The molecule has 1 aliphatic heterocycles. The molecule has 4 rings (SSSR count). The van der Waals surface area contributed by atoms with E-state index in [-0.39, 0.29) is 16.5 Å². The first-order valence-electron chi connectivity index (χ1n) is 11.9. The number of carbonyl (C=O) groups is 2. The highest BCUT2D eigenvalue weighted by Gasteiger charge is 2.41. The van der Waals surface area contributed by atoms with Crippen molar-refractivity contribution in [1.29, 1.82) is 5.26 Å². The van der Waals surface area contributed by atoms with Gasteiger partial charge in [-0.3, -0.25) is 14.5 Å². The van der Waals surface area contributed by atoms with Gasteiger partial charge in [0.25, 0.3) is 5.91 Å². The number of anilines is 2. The number of carbonyl (C=O) groups excluding carboxylic acids is 2. The van der Waals surface area contributed by atoms with Crippen molar-refractivity contribution in [1.82, 2.24) is 0 Å². The highest BCUT2D eigenvalue weighted by molar-refractivity contribution is 8.05. The fourth-order valence-corrected chi connectivity index (χ4v) is 5.83. The van der Waals surface area contributed by atoms with E-state index in [1.807, 2.05) is 30.3 Å². The lowest BCUT2D eigenvalue weighted by molar-refractivity contribution is -0.117. The van der Waals surface area contributed by atoms with Crippen LogP contribution in [-0.4, -0.2) is 24.2 Å². The van der Waals surface area contributed by atoms with Crippen LogP contribution in [0.2, 0.25) is 10.0 Å². The highest BCUT2D eigenvalue weighted by atomic mass is 35.5. The summed E-state index contributed by atoms with van der Waals surface area (Å²) in [6, 6.07) is 21.6. The number of nitriles is 1. The van der Waals surface area contributed by atoms with E-state index < -0.39 is 11.2 Å². The standard InChI is InChI=1S/C29H25Cl2N3O3S/c1-17(2)18-9-12-21(13-10-18)34-28(36)26(14-19-8-11-20(30)15-23(19)31)38-29(34)22(16-32)27(35)33-24-6-4-5-7-25(24)37-3/h4-13,15,17,26H,14H2,1-3H3,(H,33,35)/b29-22-. The zero-order valence-electron chi connectivity index (χ0n) is 21.0. The van der Waals surface area contributed by atoms with Crippen LogP contribution >= 0.6 is 35.0 Å². The van der Waals surface area contributed by atoms with E-state index in [1.165, 1.54) is 23.8 Å². The fourth-order valence-electron chi connectivity index (χ4n) is 4.05. The summed E-state index contributed by atoms with van der Waals surface area (Å²) in [6.45, 7) is 4.16. The molecule has 3 aromatic carbocycles. The average molecular weight is 567 g/mol. The molecule has 2 amide bonds. The van der Waals surface area contributed by atoms with Crippen LogP contribution in [0, 0.1) is 11.3 Å². The molecule has 3 aromatic rings. The second-order valence-electron chi connectivity index (χ2n) is 8.91. The zero-order valence-corrected chi connectivity index (χ0v) is 23.3. The largest absolute Gasteiger partial charge is 0.495 e. The molecule has 1 unspecified atom stereocenters. The Hall–Kier alpha value is -3.44. The Morgan fingerprint density at radius 2 is 1.84 bits per heavy atom. The molecular weight excluding hydrogens is 541 g/mol. The Balaban J connectivity index is 1.75. The fraction of sp³-hybridized carbons (Fsp3) is 0.207. The van der Waals surface area contributed by atoms with Crippen molar-refractivity contribution in [2.24, 2.45) is 0 Å². The molecule has 38 heavy (non-hydrogen) atoms. The first-order valence-corrected chi connectivity index (χ1v) is 13.5. The Bertz CT molecular complexity index is 1450. The molecule has 1 atom stereocenters. The van der Waals surface area contributed by atoms with E-state index in [1.54, 1.807) is 42.5 Å². The van der Waals surface area contributed by atoms with Crippen LogP contribution in [0.1, 0.15) is 30.9 Å². The number of rotatable bonds is 7. The van der Waals surface area contributed by atoms with Crippen molar-refractivity contribution in [3.05, 3.63) is 98.5 Å². The van der Waals surface area contributed by atoms with Crippen LogP contribution < -0.4 is 15.0 Å². The minimum atomic E-state index is -0.638. The number of hydrogen-bond donors (Lipinski definition) is 1. The molecule has 9 heteroatoms. The number of benzene rings is 3. The minimum absolute atomic E-state index is 0.174. The molecule has 194 valence electrons. The van der Waals surface area contributed by atoms with Crippen molar-refractivity contribution < 1.29 is 14.3 Å². The summed E-state index contributed by atoms with van der Waals surface area (Å²) in [5, 5.41) is 13.4. The normalized spacial score (nSPS) is 16.4. The van der Waals surface area contributed by atoms with Gasteiger partial charge in [0.05, 0.1) is 18.0 Å². The Morgan fingerprint density at radius 3 is 2.47 bits per heavy atom. The number of thioether (sulfide) groups is 1. The summed E-state index contributed by atoms with van der Waals surface area (Å²) >= 11 is 13.6. The highest BCUT2D eigenvalue weighted by Crippen LogP contribution is 2.43. The smallest absolute Gasteiger partial charge is 0.269 e. The zero-order chi connectivity index (χ0) is 27.4. The van der Waals surface area contributed by atoms with Crippen LogP contribution in [0.4, 0.5) is 11.4 Å². The van der Waals surface area contributed by atoms with Gasteiger partial charge in [0.1, 0.15) is 22.4 Å². The van der Waals surface area contributed by atoms with Crippen LogP contribution in [-0.2, 0) is 16.0 Å². The molecular formula is C29H25Cl2N3O3S. The molecule has 0 bridgehead atoms. The summed E-state index contributed by atoms with van der Waals surface area (Å²) in [6.07, 6.45) is 0.302. The van der Waals surface area contributed by atoms with Gasteiger partial charge >= 0.3 is 0 Å². The number of nitrogens with zero attached hydrogens (tertiary/aromatic N) is 2. The number of ether oxygens (including phenoxy) is 1. The molecule has 1 heterocycles. The van der Waals surface area contributed by atoms with Crippen LogP contribution in [0.15, 0.2) is 77.3 Å². The number of hydrogen-bond acceptors (Lipinski definition) is 5. The Labute approximate surface area is 236 Å². The number of amides is 2. The molecule has 6 nitrogen and oxygen atoms in total. The van der Waals surface area contributed by atoms with Gasteiger partial charge in [-0.2, -0.15) is 5.26 Å². The molecule has 0 aliphatic carbocycles. The van der Waals surface area contributed by atoms with Gasteiger partial charge in [0.2, 0.25) is 5.91 Å². The minimum Gasteiger partial charge on any atom is -0.495 e. The first-order chi connectivity index (χ1) is 18.2. The van der Waals surface area contributed by atoms with Crippen molar-refractivity contribution >= 4 is 58.2 Å². The molecule has 0 saturated carbocycles. The SMILES string of the molecule is COc1ccccc1NC(=O)/C(C#N)=C1\SC(Cc2ccc(Cl)cc2Cl)C(=O)N1c1ccc(C(C)C)cc1. The van der Waals surface area contributed by atoms with E-state index in [4.69, 9.17) is 27.9 Å². The topological polar surface area (TPSA) is 82.4 Å².